The third kappa shape index (κ3) is 3.30. The number of hydrogen-bond acceptors (Lipinski definition) is 5. The third-order valence-electron chi connectivity index (χ3n) is 3.40. The molecule has 1 aromatic heterocycles. The first-order valence-corrected chi connectivity index (χ1v) is 8.36. The van der Waals surface area contributed by atoms with Crippen LogP contribution in [0.25, 0.3) is 0 Å². The molecule has 0 radical (unpaired) electrons. The molecule has 1 unspecified atom stereocenters. The van der Waals surface area contributed by atoms with Gasteiger partial charge in [0.05, 0.1) is 5.56 Å². The van der Waals surface area contributed by atoms with E-state index >= 15 is 0 Å². The van der Waals surface area contributed by atoms with Crippen molar-refractivity contribution in [1.29, 1.82) is 0 Å². The van der Waals surface area contributed by atoms with Crippen LogP contribution in [0.4, 0.5) is 0 Å². The summed E-state index contributed by atoms with van der Waals surface area (Å²) in [6.45, 7) is 3.96. The minimum Gasteiger partial charge on any atom is -0.366 e. The highest BCUT2D eigenvalue weighted by Crippen LogP contribution is 2.30. The van der Waals surface area contributed by atoms with Crippen LogP contribution in [-0.2, 0) is 16.4 Å². The Hall–Kier alpha value is -2.51. The van der Waals surface area contributed by atoms with E-state index in [0.717, 1.165) is 5.56 Å². The van der Waals surface area contributed by atoms with E-state index in [1.54, 1.807) is 24.3 Å². The van der Waals surface area contributed by atoms with Crippen molar-refractivity contribution >= 4 is 15.7 Å². The van der Waals surface area contributed by atoms with E-state index < -0.39 is 21.0 Å². The Labute approximate surface area is 134 Å². The van der Waals surface area contributed by atoms with Gasteiger partial charge in [0.25, 0.3) is 5.91 Å². The van der Waals surface area contributed by atoms with E-state index in [1.165, 1.54) is 24.4 Å². The van der Waals surface area contributed by atoms with Crippen molar-refractivity contribution in [2.75, 3.05) is 0 Å². The van der Waals surface area contributed by atoms with Gasteiger partial charge >= 0.3 is 0 Å². The maximum Gasteiger partial charge on any atom is 0.251 e. The number of benzene rings is 1. The molecule has 1 aromatic carbocycles. The molecule has 1 heterocycles. The fourth-order valence-electron chi connectivity index (χ4n) is 2.21. The summed E-state index contributed by atoms with van der Waals surface area (Å²) >= 11 is 0. The lowest BCUT2D eigenvalue weighted by Crippen LogP contribution is -2.20. The first kappa shape index (κ1) is 16.9. The molecule has 0 aliphatic rings. The third-order valence-corrected chi connectivity index (χ3v) is 5.40. The topological polar surface area (TPSA) is 116 Å². The fraction of sp³-hybridized carbons (Fsp3) is 0.125. The minimum atomic E-state index is -3.96. The van der Waals surface area contributed by atoms with Crippen LogP contribution in [0.1, 0.15) is 26.7 Å². The molecule has 0 aliphatic heterocycles. The van der Waals surface area contributed by atoms with Crippen LogP contribution >= 0.6 is 0 Å². The first-order valence-electron chi connectivity index (χ1n) is 6.82. The fourth-order valence-corrected chi connectivity index (χ4v) is 3.90. The van der Waals surface area contributed by atoms with Crippen LogP contribution in [0.5, 0.6) is 0 Å². The zero-order chi connectivity index (χ0) is 17.0. The van der Waals surface area contributed by atoms with Crippen molar-refractivity contribution in [3.63, 3.8) is 0 Å². The van der Waals surface area contributed by atoms with Crippen molar-refractivity contribution < 1.29 is 13.2 Å². The zero-order valence-electron chi connectivity index (χ0n) is 12.3. The Morgan fingerprint density at radius 2 is 1.91 bits per heavy atom. The standard InChI is InChI=1S/C16H17N3O3S/c1-2-14(12-7-5-11(10-17)6-8-12)23(21,22)16-13(15(18)20)4-3-9-19-16/h2-9,14H,1,10,17H2,(H2,18,20). The molecule has 0 saturated carbocycles. The zero-order valence-corrected chi connectivity index (χ0v) is 13.2. The van der Waals surface area contributed by atoms with Crippen LogP contribution in [0.2, 0.25) is 0 Å². The Morgan fingerprint density at radius 1 is 1.26 bits per heavy atom. The Kier molecular flexibility index (Phi) is 4.92. The predicted octanol–water partition coefficient (Wildman–Crippen LogP) is 1.34. The Bertz CT molecular complexity index is 830. The van der Waals surface area contributed by atoms with E-state index in [2.05, 4.69) is 11.6 Å². The van der Waals surface area contributed by atoms with Crippen LogP contribution in [0.3, 0.4) is 0 Å². The molecule has 0 saturated heterocycles. The van der Waals surface area contributed by atoms with Crippen LogP contribution in [0, 0.1) is 0 Å². The van der Waals surface area contributed by atoms with Crippen molar-refractivity contribution in [3.05, 3.63) is 71.9 Å². The average molecular weight is 331 g/mol. The van der Waals surface area contributed by atoms with E-state index in [9.17, 15) is 13.2 Å². The number of carbonyl (C=O) groups is 1. The predicted molar refractivity (Wildman–Crippen MR) is 87.2 cm³/mol. The Balaban J connectivity index is 2.55. The second-order valence-electron chi connectivity index (χ2n) is 4.87. The maximum absolute atomic E-state index is 12.9. The molecule has 120 valence electrons. The molecule has 23 heavy (non-hydrogen) atoms. The van der Waals surface area contributed by atoms with Gasteiger partial charge in [-0.1, -0.05) is 30.3 Å². The number of pyridine rings is 1. The highest BCUT2D eigenvalue weighted by molar-refractivity contribution is 7.91. The van der Waals surface area contributed by atoms with E-state index in [4.69, 9.17) is 11.5 Å². The van der Waals surface area contributed by atoms with Crippen LogP contribution < -0.4 is 11.5 Å². The van der Waals surface area contributed by atoms with E-state index in [1.807, 2.05) is 0 Å². The summed E-state index contributed by atoms with van der Waals surface area (Å²) in [5.41, 5.74) is 12.0. The second-order valence-corrected chi connectivity index (χ2v) is 6.85. The summed E-state index contributed by atoms with van der Waals surface area (Å²) in [6, 6.07) is 9.61. The summed E-state index contributed by atoms with van der Waals surface area (Å²) in [5.74, 6) is -0.849. The van der Waals surface area contributed by atoms with Crippen molar-refractivity contribution in [1.82, 2.24) is 4.98 Å². The molecular formula is C16H17N3O3S. The van der Waals surface area contributed by atoms with Gasteiger partial charge < -0.3 is 11.5 Å². The second kappa shape index (κ2) is 6.72. The molecule has 6 nitrogen and oxygen atoms in total. The summed E-state index contributed by atoms with van der Waals surface area (Å²) in [7, 11) is -3.96. The summed E-state index contributed by atoms with van der Waals surface area (Å²) < 4.78 is 25.8. The lowest BCUT2D eigenvalue weighted by atomic mass is 10.1. The van der Waals surface area contributed by atoms with Gasteiger partial charge in [-0.05, 0) is 23.3 Å². The van der Waals surface area contributed by atoms with Gasteiger partial charge in [-0.15, -0.1) is 6.58 Å². The molecule has 0 spiro atoms. The first-order chi connectivity index (χ1) is 10.9. The van der Waals surface area contributed by atoms with Crippen molar-refractivity contribution in [2.45, 2.75) is 16.8 Å². The van der Waals surface area contributed by atoms with Gasteiger partial charge in [0, 0.05) is 12.7 Å². The number of aromatic nitrogens is 1. The quantitative estimate of drug-likeness (QED) is 0.775. The minimum absolute atomic E-state index is 0.141. The number of primary amides is 1. The highest BCUT2D eigenvalue weighted by Gasteiger charge is 2.31. The molecule has 0 fully saturated rings. The van der Waals surface area contributed by atoms with Crippen LogP contribution in [-0.4, -0.2) is 19.3 Å². The molecule has 0 aliphatic carbocycles. The van der Waals surface area contributed by atoms with Crippen molar-refractivity contribution in [2.24, 2.45) is 11.5 Å². The van der Waals surface area contributed by atoms with E-state index in [-0.39, 0.29) is 10.6 Å². The number of carbonyl (C=O) groups excluding carboxylic acids is 1. The van der Waals surface area contributed by atoms with Gasteiger partial charge in [-0.3, -0.25) is 4.79 Å². The number of hydrogen-bond donors (Lipinski definition) is 2. The normalized spacial score (nSPS) is 12.6. The lowest BCUT2D eigenvalue weighted by molar-refractivity contribution is 0.0996. The van der Waals surface area contributed by atoms with Gasteiger partial charge in [0.1, 0.15) is 5.25 Å². The highest BCUT2D eigenvalue weighted by atomic mass is 32.2. The lowest BCUT2D eigenvalue weighted by Gasteiger charge is -2.15. The number of sulfone groups is 1. The molecule has 0 bridgehead atoms. The van der Waals surface area contributed by atoms with Gasteiger partial charge in [0.2, 0.25) is 9.84 Å². The van der Waals surface area contributed by atoms with Gasteiger partial charge in [-0.25, -0.2) is 13.4 Å². The molecule has 1 amide bonds. The average Bonchev–Trinajstić information content (AvgIpc) is 2.56. The molecule has 1 atom stereocenters. The van der Waals surface area contributed by atoms with Crippen molar-refractivity contribution in [3.8, 4) is 0 Å². The number of rotatable bonds is 6. The molecule has 2 rings (SSSR count). The van der Waals surface area contributed by atoms with Gasteiger partial charge in [0.15, 0.2) is 5.03 Å². The molecule has 7 heteroatoms. The van der Waals surface area contributed by atoms with Crippen LogP contribution in [0.15, 0.2) is 60.3 Å². The number of nitrogens with two attached hydrogens (primary N) is 2. The number of amides is 1. The summed E-state index contributed by atoms with van der Waals surface area (Å²) in [6.07, 6.45) is 2.60. The van der Waals surface area contributed by atoms with E-state index in [0.29, 0.717) is 12.1 Å². The Morgan fingerprint density at radius 3 is 2.43 bits per heavy atom. The summed E-state index contributed by atoms with van der Waals surface area (Å²) in [5, 5.41) is -1.39. The number of nitrogens with zero attached hydrogens (tertiary/aromatic N) is 1. The maximum atomic E-state index is 12.9. The smallest absolute Gasteiger partial charge is 0.251 e. The summed E-state index contributed by atoms with van der Waals surface area (Å²) in [4.78, 5) is 15.3. The molecular weight excluding hydrogens is 314 g/mol. The SMILES string of the molecule is C=CC(c1ccc(CN)cc1)S(=O)(=O)c1ncccc1C(N)=O. The largest absolute Gasteiger partial charge is 0.366 e. The monoisotopic (exact) mass is 331 g/mol. The molecule has 4 N–H and O–H groups in total. The molecule has 2 aromatic rings. The van der Waals surface area contributed by atoms with Gasteiger partial charge in [-0.2, -0.15) is 0 Å².